The van der Waals surface area contributed by atoms with E-state index in [-0.39, 0.29) is 38.1 Å². The molecule has 2 amide bonds. The van der Waals surface area contributed by atoms with Gasteiger partial charge in [-0.3, -0.25) is 9.59 Å². The standard InChI is InChI=1S/C24H22ClF6N5O2S/c1-12-9-14(10-36-22(24(29,30)31)34-21(35-36)23(26,27)28)7-8-17(12)33-19(37)15-5-4-6-16(25)18(15)20(38)32-13(2)11-39-3/h4-9,13H,10-11H2,1-3H3,(H,32,38)(H,33,37). The van der Waals surface area contributed by atoms with Gasteiger partial charge < -0.3 is 10.6 Å². The van der Waals surface area contributed by atoms with Gasteiger partial charge in [0.1, 0.15) is 0 Å². The Hall–Kier alpha value is -3.26. The molecule has 0 aliphatic rings. The van der Waals surface area contributed by atoms with Gasteiger partial charge in [0.15, 0.2) is 0 Å². The lowest BCUT2D eigenvalue weighted by atomic mass is 10.0. The third kappa shape index (κ3) is 7.44. The summed E-state index contributed by atoms with van der Waals surface area (Å²) in [5, 5.41) is 8.46. The lowest BCUT2D eigenvalue weighted by Crippen LogP contribution is -2.35. The second kappa shape index (κ2) is 11.9. The van der Waals surface area contributed by atoms with Crippen molar-refractivity contribution in [3.8, 4) is 0 Å². The molecule has 1 unspecified atom stereocenters. The van der Waals surface area contributed by atoms with Crippen LogP contribution in [-0.2, 0) is 18.9 Å². The average molecular weight is 594 g/mol. The monoisotopic (exact) mass is 593 g/mol. The van der Waals surface area contributed by atoms with Crippen molar-refractivity contribution in [2.24, 2.45) is 0 Å². The van der Waals surface area contributed by atoms with Crippen molar-refractivity contribution in [3.63, 3.8) is 0 Å². The van der Waals surface area contributed by atoms with E-state index in [9.17, 15) is 35.9 Å². The molecule has 3 rings (SSSR count). The molecule has 1 heterocycles. The van der Waals surface area contributed by atoms with Crippen molar-refractivity contribution in [1.29, 1.82) is 0 Å². The maximum Gasteiger partial charge on any atom is 0.453 e. The zero-order chi connectivity index (χ0) is 29.1. The lowest BCUT2D eigenvalue weighted by Gasteiger charge is -2.16. The van der Waals surface area contributed by atoms with E-state index in [1.54, 1.807) is 13.8 Å². The second-order valence-corrected chi connectivity index (χ2v) is 9.83. The molecule has 0 saturated heterocycles. The summed E-state index contributed by atoms with van der Waals surface area (Å²) in [7, 11) is 0. The summed E-state index contributed by atoms with van der Waals surface area (Å²) >= 11 is 7.75. The number of carbonyl (C=O) groups is 2. The van der Waals surface area contributed by atoms with Crippen molar-refractivity contribution in [2.75, 3.05) is 17.3 Å². The van der Waals surface area contributed by atoms with E-state index in [1.807, 2.05) is 6.26 Å². The number of amides is 2. The van der Waals surface area contributed by atoms with Crippen molar-refractivity contribution < 1.29 is 35.9 Å². The summed E-state index contributed by atoms with van der Waals surface area (Å²) in [5.74, 6) is -4.25. The highest BCUT2D eigenvalue weighted by Crippen LogP contribution is 2.33. The van der Waals surface area contributed by atoms with Gasteiger partial charge >= 0.3 is 12.4 Å². The highest BCUT2D eigenvalue weighted by atomic mass is 35.5. The number of alkyl halides is 6. The Morgan fingerprint density at radius 1 is 1.08 bits per heavy atom. The van der Waals surface area contributed by atoms with Crippen LogP contribution < -0.4 is 10.6 Å². The largest absolute Gasteiger partial charge is 0.453 e. The first kappa shape index (κ1) is 30.3. The fraction of sp³-hybridized carbons (Fsp3) is 0.333. The molecule has 2 aromatic carbocycles. The molecule has 0 radical (unpaired) electrons. The summed E-state index contributed by atoms with van der Waals surface area (Å²) in [6, 6.07) is 8.29. The molecule has 15 heteroatoms. The first-order valence-corrected chi connectivity index (χ1v) is 13.0. The van der Waals surface area contributed by atoms with Gasteiger partial charge in [0, 0.05) is 17.5 Å². The Morgan fingerprint density at radius 2 is 1.77 bits per heavy atom. The number of carbonyl (C=O) groups excluding carboxylic acids is 2. The van der Waals surface area contributed by atoms with Crippen molar-refractivity contribution in [1.82, 2.24) is 20.1 Å². The van der Waals surface area contributed by atoms with E-state index in [4.69, 9.17) is 11.6 Å². The van der Waals surface area contributed by atoms with Crippen LogP contribution in [0.1, 0.15) is 50.4 Å². The van der Waals surface area contributed by atoms with Crippen LogP contribution >= 0.6 is 23.4 Å². The normalized spacial score (nSPS) is 12.8. The van der Waals surface area contributed by atoms with Crippen LogP contribution in [0.2, 0.25) is 5.02 Å². The van der Waals surface area contributed by atoms with E-state index < -0.39 is 42.4 Å². The minimum atomic E-state index is -5.16. The molecule has 7 nitrogen and oxygen atoms in total. The first-order chi connectivity index (χ1) is 18.1. The maximum absolute atomic E-state index is 13.2. The van der Waals surface area contributed by atoms with Crippen molar-refractivity contribution in [3.05, 3.63) is 75.3 Å². The smallest absolute Gasteiger partial charge is 0.349 e. The van der Waals surface area contributed by atoms with E-state index in [2.05, 4.69) is 20.7 Å². The zero-order valence-corrected chi connectivity index (χ0v) is 22.2. The molecule has 0 bridgehead atoms. The van der Waals surface area contributed by atoms with Crippen LogP contribution in [0.3, 0.4) is 0 Å². The van der Waals surface area contributed by atoms with Gasteiger partial charge in [-0.1, -0.05) is 29.8 Å². The molecule has 0 spiro atoms. The molecule has 39 heavy (non-hydrogen) atoms. The number of nitrogens with zero attached hydrogens (tertiary/aromatic N) is 3. The van der Waals surface area contributed by atoms with Crippen LogP contribution in [0.4, 0.5) is 32.0 Å². The molecule has 3 aromatic rings. The Morgan fingerprint density at radius 3 is 2.36 bits per heavy atom. The van der Waals surface area contributed by atoms with Crippen LogP contribution in [0.25, 0.3) is 0 Å². The Balaban J connectivity index is 1.84. The van der Waals surface area contributed by atoms with Crippen molar-refractivity contribution in [2.45, 2.75) is 38.8 Å². The minimum absolute atomic E-state index is 0.00283. The maximum atomic E-state index is 13.2. The van der Waals surface area contributed by atoms with Crippen LogP contribution in [0.5, 0.6) is 0 Å². The zero-order valence-electron chi connectivity index (χ0n) is 20.7. The van der Waals surface area contributed by atoms with E-state index in [0.29, 0.717) is 11.3 Å². The highest BCUT2D eigenvalue weighted by molar-refractivity contribution is 7.98. The number of aromatic nitrogens is 3. The molecule has 0 aliphatic carbocycles. The number of aryl methyl sites for hydroxylation is 1. The Bertz CT molecular complexity index is 1380. The number of nitrogens with one attached hydrogen (secondary N) is 2. The van der Waals surface area contributed by atoms with Gasteiger partial charge in [0.2, 0.25) is 5.82 Å². The molecule has 0 fully saturated rings. The number of benzene rings is 2. The number of halogens is 7. The summed E-state index contributed by atoms with van der Waals surface area (Å²) in [6.45, 7) is 2.69. The minimum Gasteiger partial charge on any atom is -0.349 e. The highest BCUT2D eigenvalue weighted by Gasteiger charge is 2.44. The van der Waals surface area contributed by atoms with Gasteiger partial charge in [-0.15, -0.1) is 5.10 Å². The predicted molar refractivity (Wildman–Crippen MR) is 135 cm³/mol. The van der Waals surface area contributed by atoms with E-state index >= 15 is 0 Å². The summed E-state index contributed by atoms with van der Waals surface area (Å²) in [5.41, 5.74) is 0.811. The Kier molecular flexibility index (Phi) is 9.21. The third-order valence-electron chi connectivity index (χ3n) is 5.33. The molecular weight excluding hydrogens is 572 g/mol. The molecule has 0 aliphatic heterocycles. The van der Waals surface area contributed by atoms with Gasteiger partial charge in [-0.2, -0.15) is 43.1 Å². The fourth-order valence-electron chi connectivity index (χ4n) is 3.64. The van der Waals surface area contributed by atoms with Gasteiger partial charge in [-0.05, 0) is 49.4 Å². The quantitative estimate of drug-likeness (QED) is 0.310. The summed E-state index contributed by atoms with van der Waals surface area (Å²) in [4.78, 5) is 28.5. The molecule has 1 aromatic heterocycles. The fourth-order valence-corrected chi connectivity index (χ4v) is 4.48. The number of hydrogen-bond acceptors (Lipinski definition) is 5. The Labute approximate surface area is 228 Å². The van der Waals surface area contributed by atoms with Gasteiger partial charge in [-0.25, -0.2) is 4.68 Å². The van der Waals surface area contributed by atoms with Crippen LogP contribution in [-0.4, -0.2) is 44.6 Å². The number of anilines is 1. The second-order valence-electron chi connectivity index (χ2n) is 8.51. The summed E-state index contributed by atoms with van der Waals surface area (Å²) < 4.78 is 78.6. The molecule has 210 valence electrons. The summed E-state index contributed by atoms with van der Waals surface area (Å²) in [6.07, 6.45) is -8.43. The molecular formula is C24H22ClF6N5O2S. The SMILES string of the molecule is CSCC(C)NC(=O)c1c(Cl)cccc1C(=O)Nc1ccc(Cn2nc(C(F)(F)F)nc2C(F)(F)F)cc1C. The first-order valence-electron chi connectivity index (χ1n) is 11.2. The van der Waals surface area contributed by atoms with Gasteiger partial charge in [0.25, 0.3) is 17.6 Å². The number of thioether (sulfide) groups is 1. The number of hydrogen-bond donors (Lipinski definition) is 2. The molecule has 0 saturated carbocycles. The van der Waals surface area contributed by atoms with Crippen LogP contribution in [0, 0.1) is 6.92 Å². The average Bonchev–Trinajstić information content (AvgIpc) is 3.25. The van der Waals surface area contributed by atoms with E-state index in [1.165, 1.54) is 48.2 Å². The molecule has 2 N–H and O–H groups in total. The lowest BCUT2D eigenvalue weighted by molar-refractivity contribution is -0.150. The van der Waals surface area contributed by atoms with Crippen molar-refractivity contribution >= 4 is 40.9 Å². The number of rotatable bonds is 8. The topological polar surface area (TPSA) is 88.9 Å². The predicted octanol–water partition coefficient (Wildman–Crippen LogP) is 6.06. The third-order valence-corrected chi connectivity index (χ3v) is 6.48. The van der Waals surface area contributed by atoms with E-state index in [0.717, 1.165) is 0 Å². The van der Waals surface area contributed by atoms with Crippen LogP contribution in [0.15, 0.2) is 36.4 Å². The molecule has 1 atom stereocenters. The van der Waals surface area contributed by atoms with Gasteiger partial charge in [0.05, 0.1) is 22.7 Å².